The van der Waals surface area contributed by atoms with E-state index in [1.54, 1.807) is 0 Å². The highest BCUT2D eigenvalue weighted by Gasteiger charge is 2.15. The Labute approximate surface area is 89.5 Å². The van der Waals surface area contributed by atoms with Gasteiger partial charge in [-0.2, -0.15) is 0 Å². The van der Waals surface area contributed by atoms with Gasteiger partial charge in [0.15, 0.2) is 5.78 Å². The van der Waals surface area contributed by atoms with Crippen molar-refractivity contribution in [2.24, 2.45) is 0 Å². The minimum atomic E-state index is -0.412. The van der Waals surface area contributed by atoms with Gasteiger partial charge in [-0.15, -0.1) is 0 Å². The molecule has 3 heteroatoms. The molecule has 1 N–H and O–H groups in total. The first-order valence-electron chi connectivity index (χ1n) is 4.91. The van der Waals surface area contributed by atoms with Gasteiger partial charge in [-0.05, 0) is 18.9 Å². The fourth-order valence-electron chi connectivity index (χ4n) is 1.39. The van der Waals surface area contributed by atoms with Crippen LogP contribution in [-0.4, -0.2) is 17.7 Å². The number of carbonyl (C=O) groups excluding carboxylic acids is 2. The maximum Gasteiger partial charge on any atom is 0.217 e. The van der Waals surface area contributed by atoms with Gasteiger partial charge in [-0.3, -0.25) is 9.59 Å². The maximum atomic E-state index is 11.3. The van der Waals surface area contributed by atoms with Crippen LogP contribution in [-0.2, 0) is 16.0 Å². The lowest BCUT2D eigenvalue weighted by Gasteiger charge is -2.14. The first-order chi connectivity index (χ1) is 7.09. The van der Waals surface area contributed by atoms with Crippen LogP contribution in [0, 0.1) is 0 Å². The molecule has 0 radical (unpaired) electrons. The van der Waals surface area contributed by atoms with Crippen molar-refractivity contribution in [2.45, 2.75) is 26.3 Å². The van der Waals surface area contributed by atoms with Crippen LogP contribution >= 0.6 is 0 Å². The maximum absolute atomic E-state index is 11.3. The molecule has 0 aromatic heterocycles. The van der Waals surface area contributed by atoms with Crippen LogP contribution in [0.2, 0.25) is 0 Å². The first-order valence-corrected chi connectivity index (χ1v) is 4.91. The third-order valence-corrected chi connectivity index (χ3v) is 2.15. The molecule has 0 fully saturated rings. The van der Waals surface area contributed by atoms with Crippen molar-refractivity contribution in [1.29, 1.82) is 0 Å². The topological polar surface area (TPSA) is 46.2 Å². The Balaban J connectivity index is 2.67. The predicted molar refractivity (Wildman–Crippen MR) is 58.4 cm³/mol. The van der Waals surface area contributed by atoms with Crippen molar-refractivity contribution in [1.82, 2.24) is 5.32 Å². The van der Waals surface area contributed by atoms with Crippen molar-refractivity contribution >= 4 is 11.7 Å². The highest BCUT2D eigenvalue weighted by Crippen LogP contribution is 2.03. The third-order valence-electron chi connectivity index (χ3n) is 2.15. The van der Waals surface area contributed by atoms with Crippen molar-refractivity contribution in [3.63, 3.8) is 0 Å². The van der Waals surface area contributed by atoms with Gasteiger partial charge in [-0.1, -0.05) is 30.3 Å². The third kappa shape index (κ3) is 3.94. The smallest absolute Gasteiger partial charge is 0.217 e. The van der Waals surface area contributed by atoms with Crippen LogP contribution < -0.4 is 5.32 Å². The zero-order valence-corrected chi connectivity index (χ0v) is 8.99. The Kier molecular flexibility index (Phi) is 4.03. The molecular weight excluding hydrogens is 190 g/mol. The Morgan fingerprint density at radius 1 is 1.20 bits per heavy atom. The number of amides is 1. The molecular formula is C12H15NO2. The zero-order chi connectivity index (χ0) is 11.3. The highest BCUT2D eigenvalue weighted by molar-refractivity contribution is 5.86. The fourth-order valence-corrected chi connectivity index (χ4v) is 1.39. The summed E-state index contributed by atoms with van der Waals surface area (Å²) in [6.45, 7) is 2.91. The normalized spacial score (nSPS) is 11.9. The molecule has 80 valence electrons. The summed E-state index contributed by atoms with van der Waals surface area (Å²) >= 11 is 0. The average molecular weight is 205 g/mol. The number of hydrogen-bond acceptors (Lipinski definition) is 2. The number of carbonyl (C=O) groups is 2. The lowest BCUT2D eigenvalue weighted by Crippen LogP contribution is -2.40. The zero-order valence-electron chi connectivity index (χ0n) is 8.99. The Morgan fingerprint density at radius 3 is 2.27 bits per heavy atom. The molecule has 0 bridgehead atoms. The SMILES string of the molecule is CC(=O)N[C@H](Cc1ccccc1)C(C)=O. The molecule has 1 aromatic carbocycles. The fraction of sp³-hybridized carbons (Fsp3) is 0.333. The van der Waals surface area contributed by atoms with E-state index in [1.165, 1.54) is 13.8 Å². The minimum Gasteiger partial charge on any atom is -0.346 e. The van der Waals surface area contributed by atoms with Crippen LogP contribution in [0.5, 0.6) is 0 Å². The summed E-state index contributed by atoms with van der Waals surface area (Å²) in [5, 5.41) is 2.64. The van der Waals surface area contributed by atoms with Gasteiger partial charge < -0.3 is 5.32 Å². The van der Waals surface area contributed by atoms with Gasteiger partial charge in [0.2, 0.25) is 5.91 Å². The van der Waals surface area contributed by atoms with E-state index in [2.05, 4.69) is 5.32 Å². The van der Waals surface area contributed by atoms with E-state index >= 15 is 0 Å². The number of Topliss-reactive ketones (excluding diaryl/α,β-unsaturated/α-hetero) is 1. The van der Waals surface area contributed by atoms with E-state index < -0.39 is 6.04 Å². The van der Waals surface area contributed by atoms with E-state index in [-0.39, 0.29) is 11.7 Å². The molecule has 0 saturated heterocycles. The summed E-state index contributed by atoms with van der Waals surface area (Å²) in [7, 11) is 0. The number of ketones is 1. The van der Waals surface area contributed by atoms with E-state index in [9.17, 15) is 9.59 Å². The molecule has 0 saturated carbocycles. The molecule has 1 atom stereocenters. The van der Waals surface area contributed by atoms with Gasteiger partial charge >= 0.3 is 0 Å². The van der Waals surface area contributed by atoms with E-state index in [4.69, 9.17) is 0 Å². The summed E-state index contributed by atoms with van der Waals surface area (Å²) in [4.78, 5) is 22.2. The molecule has 3 nitrogen and oxygen atoms in total. The van der Waals surface area contributed by atoms with Gasteiger partial charge in [-0.25, -0.2) is 0 Å². The van der Waals surface area contributed by atoms with Crippen molar-refractivity contribution in [2.75, 3.05) is 0 Å². The molecule has 0 unspecified atom stereocenters. The molecule has 15 heavy (non-hydrogen) atoms. The van der Waals surface area contributed by atoms with Crippen LogP contribution in [0.1, 0.15) is 19.4 Å². The Morgan fingerprint density at radius 2 is 1.80 bits per heavy atom. The molecule has 0 spiro atoms. The first kappa shape index (κ1) is 11.4. The van der Waals surface area contributed by atoms with Crippen LogP contribution in [0.4, 0.5) is 0 Å². The summed E-state index contributed by atoms with van der Waals surface area (Å²) in [5.74, 6) is -0.194. The highest BCUT2D eigenvalue weighted by atomic mass is 16.2. The van der Waals surface area contributed by atoms with Gasteiger partial charge in [0.1, 0.15) is 0 Å². The quantitative estimate of drug-likeness (QED) is 0.805. The Bertz CT molecular complexity index is 346. The molecule has 1 aromatic rings. The molecule has 1 rings (SSSR count). The second-order valence-electron chi connectivity index (χ2n) is 3.55. The van der Waals surface area contributed by atoms with Crippen molar-refractivity contribution in [3.8, 4) is 0 Å². The van der Waals surface area contributed by atoms with Crippen LogP contribution in [0.15, 0.2) is 30.3 Å². The number of rotatable bonds is 4. The second-order valence-corrected chi connectivity index (χ2v) is 3.55. The predicted octanol–water partition coefficient (Wildman–Crippen LogP) is 1.32. The molecule has 0 heterocycles. The number of benzene rings is 1. The summed E-state index contributed by atoms with van der Waals surface area (Å²) in [6.07, 6.45) is 0.551. The second kappa shape index (κ2) is 5.29. The van der Waals surface area contributed by atoms with Crippen LogP contribution in [0.3, 0.4) is 0 Å². The summed E-state index contributed by atoms with van der Waals surface area (Å²) < 4.78 is 0. The van der Waals surface area contributed by atoms with Gasteiger partial charge in [0, 0.05) is 6.92 Å². The Hall–Kier alpha value is -1.64. The largest absolute Gasteiger partial charge is 0.346 e. The molecule has 0 aliphatic heterocycles. The number of nitrogens with one attached hydrogen (secondary N) is 1. The van der Waals surface area contributed by atoms with E-state index in [0.29, 0.717) is 6.42 Å². The van der Waals surface area contributed by atoms with Crippen molar-refractivity contribution in [3.05, 3.63) is 35.9 Å². The number of hydrogen-bond donors (Lipinski definition) is 1. The minimum absolute atomic E-state index is 0.0194. The molecule has 1 amide bonds. The summed E-state index contributed by atoms with van der Waals surface area (Å²) in [5.41, 5.74) is 1.05. The van der Waals surface area contributed by atoms with Crippen molar-refractivity contribution < 1.29 is 9.59 Å². The standard InChI is InChI=1S/C12H15NO2/c1-9(14)12(13-10(2)15)8-11-6-4-3-5-7-11/h3-7,12H,8H2,1-2H3,(H,13,15)/t12-/m1/s1. The average Bonchev–Trinajstić information content (AvgIpc) is 2.17. The molecule has 0 aliphatic carbocycles. The monoisotopic (exact) mass is 205 g/mol. The van der Waals surface area contributed by atoms with E-state index in [0.717, 1.165) is 5.56 Å². The van der Waals surface area contributed by atoms with E-state index in [1.807, 2.05) is 30.3 Å². The lowest BCUT2D eigenvalue weighted by atomic mass is 10.0. The van der Waals surface area contributed by atoms with Crippen LogP contribution in [0.25, 0.3) is 0 Å². The summed E-state index contributed by atoms with van der Waals surface area (Å²) in [6, 6.07) is 9.23. The molecule has 0 aliphatic rings. The van der Waals surface area contributed by atoms with Gasteiger partial charge in [0.05, 0.1) is 6.04 Å². The van der Waals surface area contributed by atoms with Gasteiger partial charge in [0.25, 0.3) is 0 Å². The lowest BCUT2D eigenvalue weighted by molar-refractivity contribution is -0.125.